The molecule has 1 atom stereocenters. The van der Waals surface area contributed by atoms with Crippen molar-refractivity contribution in [2.75, 3.05) is 4.90 Å². The molecule has 0 saturated heterocycles. The van der Waals surface area contributed by atoms with Crippen molar-refractivity contribution in [3.63, 3.8) is 0 Å². The second kappa shape index (κ2) is 7.05. The van der Waals surface area contributed by atoms with Crippen LogP contribution in [-0.4, -0.2) is 17.9 Å². The first-order chi connectivity index (χ1) is 11.6. The predicted octanol–water partition coefficient (Wildman–Crippen LogP) is 3.32. The van der Waals surface area contributed by atoms with E-state index in [0.29, 0.717) is 24.4 Å². The maximum Gasteiger partial charge on any atom is 0.243 e. The van der Waals surface area contributed by atoms with Gasteiger partial charge in [0.15, 0.2) is 0 Å². The number of halogens is 1. The molecule has 3 rings (SSSR count). The molecule has 1 aliphatic rings. The van der Waals surface area contributed by atoms with Crippen LogP contribution in [0.25, 0.3) is 0 Å². The highest BCUT2D eigenvalue weighted by Crippen LogP contribution is 2.32. The van der Waals surface area contributed by atoms with E-state index < -0.39 is 6.04 Å². The highest BCUT2D eigenvalue weighted by molar-refractivity contribution is 6.31. The van der Waals surface area contributed by atoms with E-state index in [-0.39, 0.29) is 11.8 Å². The summed E-state index contributed by atoms with van der Waals surface area (Å²) in [5.74, 6) is -0.203. The third-order valence-electron chi connectivity index (χ3n) is 4.26. The fourth-order valence-electron chi connectivity index (χ4n) is 3.02. The van der Waals surface area contributed by atoms with Crippen molar-refractivity contribution in [3.8, 4) is 0 Å². The lowest BCUT2D eigenvalue weighted by Crippen LogP contribution is -2.47. The molecular formula is C19H19ClN2O2. The maximum atomic E-state index is 12.7. The summed E-state index contributed by atoms with van der Waals surface area (Å²) >= 11 is 6.13. The quantitative estimate of drug-likeness (QED) is 0.926. The number of carbonyl (C=O) groups excluding carboxylic acids is 2. The minimum absolute atomic E-state index is 0.0437. The van der Waals surface area contributed by atoms with Gasteiger partial charge in [0.05, 0.1) is 0 Å². The first kappa shape index (κ1) is 16.5. The van der Waals surface area contributed by atoms with Crippen molar-refractivity contribution >= 4 is 29.1 Å². The van der Waals surface area contributed by atoms with Crippen LogP contribution in [0.1, 0.15) is 24.5 Å². The number of para-hydroxylation sites is 1. The molecule has 1 heterocycles. The first-order valence-electron chi connectivity index (χ1n) is 8.03. The minimum Gasteiger partial charge on any atom is -0.350 e. The topological polar surface area (TPSA) is 49.4 Å². The number of rotatable bonds is 4. The van der Waals surface area contributed by atoms with Crippen LogP contribution >= 0.6 is 11.6 Å². The van der Waals surface area contributed by atoms with Gasteiger partial charge in [-0.15, -0.1) is 0 Å². The highest BCUT2D eigenvalue weighted by Gasteiger charge is 2.37. The van der Waals surface area contributed by atoms with Gasteiger partial charge in [0.2, 0.25) is 11.8 Å². The van der Waals surface area contributed by atoms with Crippen molar-refractivity contribution in [1.82, 2.24) is 5.32 Å². The number of hydrogen-bond acceptors (Lipinski definition) is 2. The van der Waals surface area contributed by atoms with Crippen molar-refractivity contribution in [2.45, 2.75) is 32.4 Å². The lowest BCUT2D eigenvalue weighted by Gasteiger charge is -2.24. The van der Waals surface area contributed by atoms with Gasteiger partial charge in [-0.2, -0.15) is 0 Å². The average molecular weight is 343 g/mol. The molecule has 0 saturated carbocycles. The molecule has 0 bridgehead atoms. The Kier molecular flexibility index (Phi) is 4.86. The Morgan fingerprint density at radius 3 is 2.62 bits per heavy atom. The molecule has 0 unspecified atom stereocenters. The summed E-state index contributed by atoms with van der Waals surface area (Å²) in [6.07, 6.45) is 0.902. The normalized spacial score (nSPS) is 15.9. The zero-order valence-corrected chi connectivity index (χ0v) is 14.2. The molecule has 1 aliphatic heterocycles. The van der Waals surface area contributed by atoms with Crippen LogP contribution in [0.4, 0.5) is 5.69 Å². The van der Waals surface area contributed by atoms with E-state index in [1.807, 2.05) is 49.4 Å². The van der Waals surface area contributed by atoms with E-state index in [1.54, 1.807) is 11.0 Å². The molecule has 2 aromatic rings. The van der Waals surface area contributed by atoms with Gasteiger partial charge in [0.25, 0.3) is 0 Å². The smallest absolute Gasteiger partial charge is 0.243 e. The van der Waals surface area contributed by atoms with E-state index in [4.69, 9.17) is 11.6 Å². The van der Waals surface area contributed by atoms with Gasteiger partial charge < -0.3 is 5.32 Å². The van der Waals surface area contributed by atoms with Crippen LogP contribution in [0, 0.1) is 0 Å². The second-order valence-electron chi connectivity index (χ2n) is 5.78. The number of amides is 2. The molecule has 124 valence electrons. The van der Waals surface area contributed by atoms with Crippen LogP contribution in [0.2, 0.25) is 5.02 Å². The monoisotopic (exact) mass is 342 g/mol. The molecular weight excluding hydrogens is 324 g/mol. The van der Waals surface area contributed by atoms with Crippen molar-refractivity contribution in [3.05, 3.63) is 64.7 Å². The molecule has 1 N–H and O–H groups in total. The van der Waals surface area contributed by atoms with Gasteiger partial charge in [-0.3, -0.25) is 14.5 Å². The summed E-state index contributed by atoms with van der Waals surface area (Å²) in [6.45, 7) is 2.15. The molecule has 4 nitrogen and oxygen atoms in total. The van der Waals surface area contributed by atoms with E-state index >= 15 is 0 Å². The molecule has 24 heavy (non-hydrogen) atoms. The summed E-state index contributed by atoms with van der Waals surface area (Å²) < 4.78 is 0. The molecule has 0 fully saturated rings. The summed E-state index contributed by atoms with van der Waals surface area (Å²) in [7, 11) is 0. The Bertz CT molecular complexity index is 775. The third kappa shape index (κ3) is 3.15. The highest BCUT2D eigenvalue weighted by atomic mass is 35.5. The Morgan fingerprint density at radius 1 is 1.17 bits per heavy atom. The summed E-state index contributed by atoms with van der Waals surface area (Å²) in [5.41, 5.74) is 2.72. The molecule has 2 aromatic carbocycles. The molecule has 2 amide bonds. The number of nitrogens with one attached hydrogen (secondary N) is 1. The van der Waals surface area contributed by atoms with Crippen molar-refractivity contribution < 1.29 is 9.59 Å². The van der Waals surface area contributed by atoms with E-state index in [9.17, 15) is 9.59 Å². The molecule has 0 radical (unpaired) electrons. The van der Waals surface area contributed by atoms with Gasteiger partial charge >= 0.3 is 0 Å². The zero-order chi connectivity index (χ0) is 17.1. The summed E-state index contributed by atoms with van der Waals surface area (Å²) in [5, 5.41) is 3.53. The third-order valence-corrected chi connectivity index (χ3v) is 4.63. The lowest BCUT2D eigenvalue weighted by molar-refractivity contribution is -0.126. The fourth-order valence-corrected chi connectivity index (χ4v) is 3.22. The van der Waals surface area contributed by atoms with Crippen molar-refractivity contribution in [1.29, 1.82) is 0 Å². The van der Waals surface area contributed by atoms with Crippen LogP contribution in [0.5, 0.6) is 0 Å². The number of anilines is 1. The molecule has 0 spiro atoms. The Hall–Kier alpha value is -2.33. The van der Waals surface area contributed by atoms with Crippen LogP contribution in [0.3, 0.4) is 0 Å². The fraction of sp³-hybridized carbons (Fsp3) is 0.263. The van der Waals surface area contributed by atoms with Gasteiger partial charge in [-0.25, -0.2) is 0 Å². The van der Waals surface area contributed by atoms with Gasteiger partial charge in [-0.05, 0) is 23.3 Å². The number of benzene rings is 2. The van der Waals surface area contributed by atoms with Gasteiger partial charge in [-0.1, -0.05) is 54.9 Å². The Morgan fingerprint density at radius 2 is 1.88 bits per heavy atom. The SMILES string of the molecule is CCC(=O)N1c2ccccc2C[C@@H]1C(=O)NCc1ccccc1Cl. The van der Waals surface area contributed by atoms with E-state index in [1.165, 1.54) is 0 Å². The average Bonchev–Trinajstić information content (AvgIpc) is 2.99. The standard InChI is InChI=1S/C19H19ClN2O2/c1-2-18(23)22-16-10-6-4-7-13(16)11-17(22)19(24)21-12-14-8-3-5-9-15(14)20/h3-10,17H,2,11-12H2,1H3,(H,21,24)/t17-/m1/s1. The predicted molar refractivity (Wildman–Crippen MR) is 95.0 cm³/mol. The number of carbonyl (C=O) groups is 2. The maximum absolute atomic E-state index is 12.7. The lowest BCUT2D eigenvalue weighted by atomic mass is 10.1. The number of nitrogens with zero attached hydrogens (tertiary/aromatic N) is 1. The first-order valence-corrected chi connectivity index (χ1v) is 8.40. The van der Waals surface area contributed by atoms with E-state index in [2.05, 4.69) is 5.32 Å². The summed E-state index contributed by atoms with van der Waals surface area (Å²) in [6, 6.07) is 14.6. The molecule has 5 heteroatoms. The Balaban J connectivity index is 1.77. The summed E-state index contributed by atoms with van der Waals surface area (Å²) in [4.78, 5) is 26.6. The van der Waals surface area contributed by atoms with E-state index in [0.717, 1.165) is 16.8 Å². The molecule has 0 aliphatic carbocycles. The van der Waals surface area contributed by atoms with Crippen LogP contribution in [0.15, 0.2) is 48.5 Å². The Labute approximate surface area is 146 Å². The largest absolute Gasteiger partial charge is 0.350 e. The zero-order valence-electron chi connectivity index (χ0n) is 13.5. The molecule has 0 aromatic heterocycles. The number of hydrogen-bond donors (Lipinski definition) is 1. The minimum atomic E-state index is -0.502. The van der Waals surface area contributed by atoms with Crippen LogP contribution in [-0.2, 0) is 22.6 Å². The number of fused-ring (bicyclic) bond motifs is 1. The van der Waals surface area contributed by atoms with Crippen molar-refractivity contribution in [2.24, 2.45) is 0 Å². The van der Waals surface area contributed by atoms with Gasteiger partial charge in [0.1, 0.15) is 6.04 Å². The second-order valence-corrected chi connectivity index (χ2v) is 6.18. The van der Waals surface area contributed by atoms with Gasteiger partial charge in [0, 0.05) is 30.1 Å². The van der Waals surface area contributed by atoms with Crippen LogP contribution < -0.4 is 10.2 Å².